The maximum absolute atomic E-state index is 12.9. The minimum atomic E-state index is -0.117. The Morgan fingerprint density at radius 3 is 2.16 bits per heavy atom. The molecular formula is C21H15BrN2O. The van der Waals surface area contributed by atoms with Crippen molar-refractivity contribution in [2.24, 2.45) is 0 Å². The Kier molecular flexibility index (Phi) is 3.98. The molecule has 0 aliphatic rings. The van der Waals surface area contributed by atoms with Crippen molar-refractivity contribution in [1.82, 2.24) is 9.78 Å². The number of rotatable bonds is 2. The van der Waals surface area contributed by atoms with Crippen molar-refractivity contribution in [3.8, 4) is 16.9 Å². The number of aryl methyl sites for hydroxylation is 1. The summed E-state index contributed by atoms with van der Waals surface area (Å²) in [5.74, 6) is 0. The summed E-state index contributed by atoms with van der Waals surface area (Å²) in [6, 6.07) is 23.4. The number of hydrogen-bond donors (Lipinski definition) is 0. The van der Waals surface area contributed by atoms with Gasteiger partial charge in [-0.3, -0.25) is 4.79 Å². The van der Waals surface area contributed by atoms with Crippen LogP contribution in [0.3, 0.4) is 0 Å². The first-order valence-electron chi connectivity index (χ1n) is 7.98. The van der Waals surface area contributed by atoms with Gasteiger partial charge in [-0.15, -0.1) is 0 Å². The van der Waals surface area contributed by atoms with Gasteiger partial charge in [0.15, 0.2) is 0 Å². The Balaban J connectivity index is 2.05. The van der Waals surface area contributed by atoms with Crippen molar-refractivity contribution >= 4 is 26.7 Å². The zero-order valence-electron chi connectivity index (χ0n) is 13.6. The number of nitrogens with zero attached hydrogens (tertiary/aromatic N) is 2. The lowest BCUT2D eigenvalue weighted by molar-refractivity contribution is 0.826. The number of aromatic nitrogens is 2. The fourth-order valence-electron chi connectivity index (χ4n) is 2.87. The van der Waals surface area contributed by atoms with Crippen molar-refractivity contribution in [3.63, 3.8) is 0 Å². The number of benzene rings is 3. The van der Waals surface area contributed by atoms with Crippen molar-refractivity contribution in [1.29, 1.82) is 0 Å². The summed E-state index contributed by atoms with van der Waals surface area (Å²) in [6.07, 6.45) is 0. The normalized spacial score (nSPS) is 11.0. The standard InChI is InChI=1S/C21H15BrN2O/c1-14-6-8-15(9-7-14)20-18-4-2-3-5-19(18)21(25)24(23-20)17-12-10-16(22)11-13-17/h2-13H,1H3. The van der Waals surface area contributed by atoms with Gasteiger partial charge in [0, 0.05) is 15.4 Å². The second-order valence-corrected chi connectivity index (χ2v) is 6.87. The average molecular weight is 391 g/mol. The summed E-state index contributed by atoms with van der Waals surface area (Å²) in [7, 11) is 0. The van der Waals surface area contributed by atoms with E-state index in [4.69, 9.17) is 0 Å². The first-order chi connectivity index (χ1) is 12.1. The van der Waals surface area contributed by atoms with Crippen LogP contribution in [-0.2, 0) is 0 Å². The van der Waals surface area contributed by atoms with Crippen LogP contribution in [0, 0.1) is 6.92 Å². The molecule has 4 aromatic rings. The minimum absolute atomic E-state index is 0.117. The summed E-state index contributed by atoms with van der Waals surface area (Å²) in [5, 5.41) is 6.22. The maximum Gasteiger partial charge on any atom is 0.279 e. The van der Waals surface area contributed by atoms with E-state index in [9.17, 15) is 4.79 Å². The summed E-state index contributed by atoms with van der Waals surface area (Å²) in [4.78, 5) is 12.9. The molecule has 0 aliphatic carbocycles. The summed E-state index contributed by atoms with van der Waals surface area (Å²) < 4.78 is 2.44. The Hall–Kier alpha value is -2.72. The molecule has 0 saturated carbocycles. The van der Waals surface area contributed by atoms with Gasteiger partial charge in [0.1, 0.15) is 0 Å². The van der Waals surface area contributed by atoms with Gasteiger partial charge in [-0.05, 0) is 37.3 Å². The molecule has 0 aliphatic heterocycles. The lowest BCUT2D eigenvalue weighted by Gasteiger charge is -2.11. The van der Waals surface area contributed by atoms with Gasteiger partial charge >= 0.3 is 0 Å². The van der Waals surface area contributed by atoms with Gasteiger partial charge in [-0.1, -0.05) is 64.0 Å². The van der Waals surface area contributed by atoms with E-state index in [1.165, 1.54) is 10.2 Å². The smallest absolute Gasteiger partial charge is 0.267 e. The molecule has 0 fully saturated rings. The average Bonchev–Trinajstić information content (AvgIpc) is 2.64. The molecule has 0 spiro atoms. The van der Waals surface area contributed by atoms with E-state index in [2.05, 4.69) is 40.1 Å². The van der Waals surface area contributed by atoms with Gasteiger partial charge < -0.3 is 0 Å². The van der Waals surface area contributed by atoms with Gasteiger partial charge in [0.05, 0.1) is 16.8 Å². The summed E-state index contributed by atoms with van der Waals surface area (Å²) in [6.45, 7) is 2.05. The quantitative estimate of drug-likeness (QED) is 0.475. The number of halogens is 1. The highest BCUT2D eigenvalue weighted by molar-refractivity contribution is 9.10. The third-order valence-electron chi connectivity index (χ3n) is 4.20. The second-order valence-electron chi connectivity index (χ2n) is 5.95. The first kappa shape index (κ1) is 15.8. The monoisotopic (exact) mass is 390 g/mol. The van der Waals surface area contributed by atoms with Gasteiger partial charge in [0.2, 0.25) is 0 Å². The van der Waals surface area contributed by atoms with Crippen molar-refractivity contribution in [3.05, 3.63) is 93.2 Å². The van der Waals surface area contributed by atoms with Crippen LogP contribution < -0.4 is 5.56 Å². The van der Waals surface area contributed by atoms with Crippen LogP contribution in [0.25, 0.3) is 27.7 Å². The van der Waals surface area contributed by atoms with E-state index in [1.807, 2.05) is 60.7 Å². The Morgan fingerprint density at radius 2 is 1.48 bits per heavy atom. The topological polar surface area (TPSA) is 34.9 Å². The second kappa shape index (κ2) is 6.30. The fraction of sp³-hybridized carbons (Fsp3) is 0.0476. The Morgan fingerprint density at radius 1 is 0.840 bits per heavy atom. The highest BCUT2D eigenvalue weighted by Crippen LogP contribution is 2.25. The molecule has 0 atom stereocenters. The van der Waals surface area contributed by atoms with E-state index in [0.29, 0.717) is 5.39 Å². The molecule has 0 unspecified atom stereocenters. The van der Waals surface area contributed by atoms with E-state index in [-0.39, 0.29) is 5.56 Å². The van der Waals surface area contributed by atoms with Crippen LogP contribution in [-0.4, -0.2) is 9.78 Å². The first-order valence-corrected chi connectivity index (χ1v) is 8.78. The third-order valence-corrected chi connectivity index (χ3v) is 4.73. The van der Waals surface area contributed by atoms with E-state index >= 15 is 0 Å². The molecule has 4 rings (SSSR count). The Bertz CT molecular complexity index is 1110. The van der Waals surface area contributed by atoms with Gasteiger partial charge in [0.25, 0.3) is 5.56 Å². The molecule has 0 N–H and O–H groups in total. The van der Waals surface area contributed by atoms with Gasteiger partial charge in [-0.25, -0.2) is 0 Å². The number of fused-ring (bicyclic) bond motifs is 1. The van der Waals surface area contributed by atoms with E-state index in [1.54, 1.807) is 0 Å². The molecule has 0 bridgehead atoms. The molecular weight excluding hydrogens is 376 g/mol. The SMILES string of the molecule is Cc1ccc(-c2nn(-c3ccc(Br)cc3)c(=O)c3ccccc23)cc1. The predicted molar refractivity (Wildman–Crippen MR) is 105 cm³/mol. The molecule has 0 amide bonds. The van der Waals surface area contributed by atoms with Crippen molar-refractivity contribution in [2.45, 2.75) is 6.92 Å². The van der Waals surface area contributed by atoms with Crippen LogP contribution in [0.1, 0.15) is 5.56 Å². The molecule has 25 heavy (non-hydrogen) atoms. The maximum atomic E-state index is 12.9. The molecule has 0 radical (unpaired) electrons. The zero-order chi connectivity index (χ0) is 17.4. The highest BCUT2D eigenvalue weighted by Gasteiger charge is 2.13. The molecule has 122 valence electrons. The lowest BCUT2D eigenvalue weighted by Crippen LogP contribution is -2.22. The van der Waals surface area contributed by atoms with E-state index in [0.717, 1.165) is 26.8 Å². The van der Waals surface area contributed by atoms with E-state index < -0.39 is 0 Å². The molecule has 3 aromatic carbocycles. The van der Waals surface area contributed by atoms with Crippen LogP contribution in [0.4, 0.5) is 0 Å². The summed E-state index contributed by atoms with van der Waals surface area (Å²) in [5.41, 5.74) is 3.61. The molecule has 1 aromatic heterocycles. The highest BCUT2D eigenvalue weighted by atomic mass is 79.9. The molecule has 4 heteroatoms. The van der Waals surface area contributed by atoms with Crippen LogP contribution in [0.5, 0.6) is 0 Å². The van der Waals surface area contributed by atoms with Crippen LogP contribution in [0.15, 0.2) is 82.1 Å². The van der Waals surface area contributed by atoms with Crippen LogP contribution >= 0.6 is 15.9 Å². The third kappa shape index (κ3) is 2.89. The lowest BCUT2D eigenvalue weighted by atomic mass is 10.0. The molecule has 0 saturated heterocycles. The van der Waals surface area contributed by atoms with Crippen molar-refractivity contribution < 1.29 is 0 Å². The van der Waals surface area contributed by atoms with Crippen LogP contribution in [0.2, 0.25) is 0 Å². The number of hydrogen-bond acceptors (Lipinski definition) is 2. The molecule has 3 nitrogen and oxygen atoms in total. The fourth-order valence-corrected chi connectivity index (χ4v) is 3.14. The van der Waals surface area contributed by atoms with Gasteiger partial charge in [-0.2, -0.15) is 9.78 Å². The largest absolute Gasteiger partial charge is 0.279 e. The zero-order valence-corrected chi connectivity index (χ0v) is 15.2. The van der Waals surface area contributed by atoms with Crippen molar-refractivity contribution in [2.75, 3.05) is 0 Å². The summed E-state index contributed by atoms with van der Waals surface area (Å²) >= 11 is 3.43. The molecule has 1 heterocycles. The minimum Gasteiger partial charge on any atom is -0.267 e. The predicted octanol–water partition coefficient (Wildman–Crippen LogP) is 5.12. The Labute approximate surface area is 153 Å².